The number of methoxy groups -OCH3 is 1. The second-order valence-electron chi connectivity index (χ2n) is 4.52. The number of Topliss-reactive ketones (excluding diaryl/α,β-unsaturated/α-hetero) is 1. The molecule has 0 saturated heterocycles. The molecule has 0 aromatic heterocycles. The molecular formula is C15H21ClO3. The van der Waals surface area contributed by atoms with Gasteiger partial charge in [-0.1, -0.05) is 18.5 Å². The van der Waals surface area contributed by atoms with E-state index in [1.54, 1.807) is 7.11 Å². The van der Waals surface area contributed by atoms with Crippen molar-refractivity contribution in [2.24, 2.45) is 0 Å². The highest BCUT2D eigenvalue weighted by atomic mass is 35.5. The largest absolute Gasteiger partial charge is 0.493 e. The molecule has 1 rings (SSSR count). The Morgan fingerprint density at radius 2 is 2.00 bits per heavy atom. The summed E-state index contributed by atoms with van der Waals surface area (Å²) >= 11 is 6.23. The van der Waals surface area contributed by atoms with Crippen LogP contribution < -0.4 is 4.74 Å². The van der Waals surface area contributed by atoms with Crippen LogP contribution in [-0.4, -0.2) is 26.1 Å². The molecular weight excluding hydrogens is 264 g/mol. The zero-order chi connectivity index (χ0) is 14.4. The van der Waals surface area contributed by atoms with E-state index in [9.17, 15) is 4.79 Å². The summed E-state index contributed by atoms with van der Waals surface area (Å²) in [7, 11) is 1.58. The molecule has 0 fully saturated rings. The molecule has 1 aromatic carbocycles. The summed E-state index contributed by atoms with van der Waals surface area (Å²) in [6.45, 7) is 6.79. The SMILES string of the molecule is CCCOc1cc(C)c(Cl)c(C)c1C(=O)CCOC. The lowest BCUT2D eigenvalue weighted by Gasteiger charge is -2.15. The molecule has 0 unspecified atom stereocenters. The number of carbonyl (C=O) groups excluding carboxylic acids is 1. The topological polar surface area (TPSA) is 35.5 Å². The first-order valence-electron chi connectivity index (χ1n) is 6.47. The minimum atomic E-state index is 0.00681. The molecule has 4 heteroatoms. The van der Waals surface area contributed by atoms with Gasteiger partial charge in [0.2, 0.25) is 0 Å². The molecule has 0 spiro atoms. The highest BCUT2D eigenvalue weighted by Gasteiger charge is 2.19. The van der Waals surface area contributed by atoms with Crippen molar-refractivity contribution in [3.8, 4) is 5.75 Å². The number of carbonyl (C=O) groups is 1. The molecule has 0 N–H and O–H groups in total. The highest BCUT2D eigenvalue weighted by Crippen LogP contribution is 2.32. The van der Waals surface area contributed by atoms with Gasteiger partial charge in [0.05, 0.1) is 18.8 Å². The monoisotopic (exact) mass is 284 g/mol. The Hall–Kier alpha value is -1.06. The lowest BCUT2D eigenvalue weighted by Crippen LogP contribution is -2.10. The Morgan fingerprint density at radius 3 is 2.58 bits per heavy atom. The van der Waals surface area contributed by atoms with Crippen molar-refractivity contribution >= 4 is 17.4 Å². The van der Waals surface area contributed by atoms with Crippen LogP contribution in [0.5, 0.6) is 5.75 Å². The fraction of sp³-hybridized carbons (Fsp3) is 0.533. The van der Waals surface area contributed by atoms with Crippen LogP contribution in [-0.2, 0) is 4.74 Å². The summed E-state index contributed by atoms with van der Waals surface area (Å²) < 4.78 is 10.6. The first-order valence-corrected chi connectivity index (χ1v) is 6.85. The number of halogens is 1. The first kappa shape index (κ1) is 16.0. The van der Waals surface area contributed by atoms with E-state index in [4.69, 9.17) is 21.1 Å². The van der Waals surface area contributed by atoms with E-state index in [1.165, 1.54) is 0 Å². The molecule has 0 aliphatic carbocycles. The van der Waals surface area contributed by atoms with Gasteiger partial charge in [0, 0.05) is 18.6 Å². The van der Waals surface area contributed by atoms with E-state index >= 15 is 0 Å². The fourth-order valence-corrected chi connectivity index (χ4v) is 2.06. The number of benzene rings is 1. The highest BCUT2D eigenvalue weighted by molar-refractivity contribution is 6.32. The number of aryl methyl sites for hydroxylation is 1. The summed E-state index contributed by atoms with van der Waals surface area (Å²) in [6, 6.07) is 1.84. The molecule has 0 aliphatic rings. The fourth-order valence-electron chi connectivity index (χ4n) is 1.91. The summed E-state index contributed by atoms with van der Waals surface area (Å²) in [5, 5.41) is 0.629. The molecule has 0 amide bonds. The second kappa shape index (κ2) is 7.51. The number of hydrogen-bond donors (Lipinski definition) is 0. The maximum absolute atomic E-state index is 12.3. The number of hydrogen-bond acceptors (Lipinski definition) is 3. The maximum atomic E-state index is 12.3. The van der Waals surface area contributed by atoms with Crippen LogP contribution in [0.2, 0.25) is 5.02 Å². The molecule has 106 valence electrons. The van der Waals surface area contributed by atoms with Crippen molar-refractivity contribution in [3.63, 3.8) is 0 Å². The van der Waals surface area contributed by atoms with Gasteiger partial charge in [0.25, 0.3) is 0 Å². The van der Waals surface area contributed by atoms with Crippen molar-refractivity contribution in [2.45, 2.75) is 33.6 Å². The number of ketones is 1. The molecule has 0 aliphatic heterocycles. The van der Waals surface area contributed by atoms with Crippen molar-refractivity contribution in [2.75, 3.05) is 20.3 Å². The van der Waals surface area contributed by atoms with Crippen LogP contribution in [0, 0.1) is 13.8 Å². The predicted molar refractivity (Wildman–Crippen MR) is 77.5 cm³/mol. The Balaban J connectivity index is 3.17. The standard InChI is InChI=1S/C15H21ClO3/c1-5-7-19-13-9-10(2)15(16)11(3)14(13)12(17)6-8-18-4/h9H,5-8H2,1-4H3. The van der Waals surface area contributed by atoms with Crippen LogP contribution in [0.15, 0.2) is 6.07 Å². The molecule has 0 heterocycles. The van der Waals surface area contributed by atoms with Gasteiger partial charge in [-0.15, -0.1) is 0 Å². The van der Waals surface area contributed by atoms with E-state index in [2.05, 4.69) is 0 Å². The quantitative estimate of drug-likeness (QED) is 0.711. The van der Waals surface area contributed by atoms with Gasteiger partial charge in [-0.25, -0.2) is 0 Å². The average molecular weight is 285 g/mol. The predicted octanol–water partition coefficient (Wildman–Crippen LogP) is 3.96. The van der Waals surface area contributed by atoms with Crippen molar-refractivity contribution in [1.29, 1.82) is 0 Å². The van der Waals surface area contributed by atoms with Crippen molar-refractivity contribution in [1.82, 2.24) is 0 Å². The summed E-state index contributed by atoms with van der Waals surface area (Å²) in [5.41, 5.74) is 2.29. The first-order chi connectivity index (χ1) is 9.02. The van der Waals surface area contributed by atoms with Crippen LogP contribution in [0.4, 0.5) is 0 Å². The molecule has 0 bridgehead atoms. The van der Waals surface area contributed by atoms with Crippen molar-refractivity contribution in [3.05, 3.63) is 27.8 Å². The lowest BCUT2D eigenvalue weighted by molar-refractivity contribution is 0.0927. The van der Waals surface area contributed by atoms with E-state index in [0.717, 1.165) is 17.5 Å². The Morgan fingerprint density at radius 1 is 1.32 bits per heavy atom. The van der Waals surface area contributed by atoms with Gasteiger partial charge in [-0.2, -0.15) is 0 Å². The maximum Gasteiger partial charge on any atom is 0.169 e. The lowest BCUT2D eigenvalue weighted by atomic mass is 9.99. The Labute approximate surface area is 119 Å². The summed E-state index contributed by atoms with van der Waals surface area (Å²) in [6.07, 6.45) is 1.23. The third-order valence-corrected chi connectivity index (χ3v) is 3.50. The minimum Gasteiger partial charge on any atom is -0.493 e. The number of ether oxygens (including phenoxy) is 2. The van der Waals surface area contributed by atoms with Gasteiger partial charge >= 0.3 is 0 Å². The smallest absolute Gasteiger partial charge is 0.169 e. The van der Waals surface area contributed by atoms with E-state index in [0.29, 0.717) is 36.0 Å². The van der Waals surface area contributed by atoms with Crippen LogP contribution in [0.25, 0.3) is 0 Å². The third-order valence-electron chi connectivity index (χ3n) is 2.92. The molecule has 19 heavy (non-hydrogen) atoms. The molecule has 3 nitrogen and oxygen atoms in total. The molecule has 0 saturated carbocycles. The second-order valence-corrected chi connectivity index (χ2v) is 4.90. The van der Waals surface area contributed by atoms with Crippen molar-refractivity contribution < 1.29 is 14.3 Å². The van der Waals surface area contributed by atoms with Crippen LogP contribution in [0.3, 0.4) is 0 Å². The molecule has 0 radical (unpaired) electrons. The zero-order valence-corrected chi connectivity index (χ0v) is 12.8. The summed E-state index contributed by atoms with van der Waals surface area (Å²) in [5.74, 6) is 0.634. The number of rotatable bonds is 7. The van der Waals surface area contributed by atoms with E-state index < -0.39 is 0 Å². The summed E-state index contributed by atoms with van der Waals surface area (Å²) in [4.78, 5) is 12.3. The van der Waals surface area contributed by atoms with Crippen LogP contribution in [0.1, 0.15) is 41.3 Å². The van der Waals surface area contributed by atoms with Gasteiger partial charge < -0.3 is 9.47 Å². The van der Waals surface area contributed by atoms with Crippen LogP contribution >= 0.6 is 11.6 Å². The minimum absolute atomic E-state index is 0.00681. The Kier molecular flexibility index (Phi) is 6.32. The van der Waals surface area contributed by atoms with E-state index in [1.807, 2.05) is 26.8 Å². The van der Waals surface area contributed by atoms with Gasteiger partial charge in [0.15, 0.2) is 5.78 Å². The molecule has 1 aromatic rings. The Bertz CT molecular complexity index is 455. The van der Waals surface area contributed by atoms with Gasteiger partial charge in [-0.05, 0) is 37.5 Å². The van der Waals surface area contributed by atoms with E-state index in [-0.39, 0.29) is 5.78 Å². The normalized spacial score (nSPS) is 10.6. The third kappa shape index (κ3) is 3.95. The average Bonchev–Trinajstić information content (AvgIpc) is 2.39. The van der Waals surface area contributed by atoms with Gasteiger partial charge in [0.1, 0.15) is 5.75 Å². The molecule has 0 atom stereocenters. The zero-order valence-electron chi connectivity index (χ0n) is 12.0. The van der Waals surface area contributed by atoms with Gasteiger partial charge in [-0.3, -0.25) is 4.79 Å².